The maximum Gasteiger partial charge on any atom is 0.252 e. The van der Waals surface area contributed by atoms with Crippen LogP contribution < -0.4 is 0 Å². The summed E-state index contributed by atoms with van der Waals surface area (Å²) in [5, 5.41) is 3.84. The molecule has 0 amide bonds. The Bertz CT molecular complexity index is 894. The van der Waals surface area contributed by atoms with Crippen molar-refractivity contribution >= 4 is 10.0 Å². The van der Waals surface area contributed by atoms with E-state index in [9.17, 15) is 12.8 Å². The first-order chi connectivity index (χ1) is 13.4. The molecule has 2 heterocycles. The Balaban J connectivity index is 1.47. The van der Waals surface area contributed by atoms with Gasteiger partial charge in [0.1, 0.15) is 12.4 Å². The van der Waals surface area contributed by atoms with Gasteiger partial charge in [-0.1, -0.05) is 11.2 Å². The van der Waals surface area contributed by atoms with Gasteiger partial charge in [0.15, 0.2) is 5.82 Å². The van der Waals surface area contributed by atoms with Gasteiger partial charge >= 0.3 is 0 Å². The fourth-order valence-electron chi connectivity index (χ4n) is 3.01. The van der Waals surface area contributed by atoms with E-state index in [2.05, 4.69) is 10.1 Å². The zero-order valence-corrected chi connectivity index (χ0v) is 16.7. The van der Waals surface area contributed by atoms with Crippen LogP contribution in [-0.2, 0) is 32.5 Å². The standard InChI is InChI=1S/C18H24FN3O5S/c1-13-3-4-15(11-16(13)19)28(23,24)22-8-5-14(6-9-22)26-10-7-17-20-18(12-25-2)27-21-17/h3-4,11,14H,5-10,12H2,1-2H3. The molecule has 0 aliphatic carbocycles. The van der Waals surface area contributed by atoms with Gasteiger partial charge in [0.05, 0.1) is 17.6 Å². The van der Waals surface area contributed by atoms with Crippen LogP contribution >= 0.6 is 0 Å². The maximum atomic E-state index is 13.7. The van der Waals surface area contributed by atoms with Crippen molar-refractivity contribution < 1.29 is 26.8 Å². The number of methoxy groups -OCH3 is 1. The number of sulfonamides is 1. The Morgan fingerprint density at radius 3 is 2.75 bits per heavy atom. The van der Waals surface area contributed by atoms with Crippen LogP contribution in [0.3, 0.4) is 0 Å². The summed E-state index contributed by atoms with van der Waals surface area (Å²) in [7, 11) is -2.15. The van der Waals surface area contributed by atoms with Crippen LogP contribution in [0.25, 0.3) is 0 Å². The highest BCUT2D eigenvalue weighted by molar-refractivity contribution is 7.89. The van der Waals surface area contributed by atoms with Gasteiger partial charge in [0.25, 0.3) is 5.89 Å². The molecule has 1 aromatic heterocycles. The number of halogens is 1. The van der Waals surface area contributed by atoms with Crippen LogP contribution in [0.1, 0.15) is 30.1 Å². The molecule has 0 atom stereocenters. The molecule has 0 radical (unpaired) electrons. The minimum atomic E-state index is -3.70. The number of piperidine rings is 1. The van der Waals surface area contributed by atoms with Crippen molar-refractivity contribution in [3.63, 3.8) is 0 Å². The summed E-state index contributed by atoms with van der Waals surface area (Å²) in [6, 6.07) is 4.00. The smallest absolute Gasteiger partial charge is 0.252 e. The topological polar surface area (TPSA) is 94.8 Å². The Labute approximate surface area is 163 Å². The van der Waals surface area contributed by atoms with E-state index in [-0.39, 0.29) is 17.6 Å². The van der Waals surface area contributed by atoms with Gasteiger partial charge < -0.3 is 14.0 Å². The monoisotopic (exact) mass is 413 g/mol. The minimum Gasteiger partial charge on any atom is -0.378 e. The maximum absolute atomic E-state index is 13.7. The van der Waals surface area contributed by atoms with Crippen LogP contribution in [0.5, 0.6) is 0 Å². The lowest BCUT2D eigenvalue weighted by Gasteiger charge is -2.31. The molecule has 1 aliphatic rings. The lowest BCUT2D eigenvalue weighted by Crippen LogP contribution is -2.41. The third-order valence-electron chi connectivity index (χ3n) is 4.64. The number of ether oxygens (including phenoxy) is 2. The molecule has 10 heteroatoms. The van der Waals surface area contributed by atoms with Crippen molar-refractivity contribution in [2.24, 2.45) is 0 Å². The number of aromatic nitrogens is 2. The first-order valence-corrected chi connectivity index (χ1v) is 10.5. The number of rotatable bonds is 8. The highest BCUT2D eigenvalue weighted by atomic mass is 32.2. The summed E-state index contributed by atoms with van der Waals surface area (Å²) in [5.74, 6) is 0.450. The van der Waals surface area contributed by atoms with Crippen molar-refractivity contribution in [3.05, 3.63) is 41.3 Å². The van der Waals surface area contributed by atoms with E-state index in [0.29, 0.717) is 56.2 Å². The Morgan fingerprint density at radius 2 is 2.07 bits per heavy atom. The molecule has 1 fully saturated rings. The zero-order valence-electron chi connectivity index (χ0n) is 15.9. The molecule has 154 valence electrons. The summed E-state index contributed by atoms with van der Waals surface area (Å²) in [4.78, 5) is 4.16. The van der Waals surface area contributed by atoms with E-state index >= 15 is 0 Å². The zero-order chi connectivity index (χ0) is 20.1. The second-order valence-electron chi connectivity index (χ2n) is 6.67. The molecule has 3 rings (SSSR count). The molecular weight excluding hydrogens is 389 g/mol. The Kier molecular flexibility index (Phi) is 6.76. The normalized spacial score (nSPS) is 16.5. The van der Waals surface area contributed by atoms with E-state index in [1.54, 1.807) is 14.0 Å². The summed E-state index contributed by atoms with van der Waals surface area (Å²) in [6.07, 6.45) is 1.63. The van der Waals surface area contributed by atoms with Crippen LogP contribution in [0.15, 0.2) is 27.6 Å². The van der Waals surface area contributed by atoms with Crippen molar-refractivity contribution in [2.75, 3.05) is 26.8 Å². The predicted molar refractivity (Wildman–Crippen MR) is 97.6 cm³/mol. The van der Waals surface area contributed by atoms with Gasteiger partial charge in [-0.3, -0.25) is 0 Å². The largest absolute Gasteiger partial charge is 0.378 e. The third-order valence-corrected chi connectivity index (χ3v) is 6.53. The van der Waals surface area contributed by atoms with E-state index in [4.69, 9.17) is 14.0 Å². The SMILES string of the molecule is COCc1nc(CCOC2CCN(S(=O)(=O)c3ccc(C)c(F)c3)CC2)no1. The molecule has 28 heavy (non-hydrogen) atoms. The predicted octanol–water partition coefficient (Wildman–Crippen LogP) is 2.08. The van der Waals surface area contributed by atoms with Crippen molar-refractivity contribution in [1.29, 1.82) is 0 Å². The van der Waals surface area contributed by atoms with Crippen molar-refractivity contribution in [3.8, 4) is 0 Å². The fourth-order valence-corrected chi connectivity index (χ4v) is 4.49. The molecule has 0 spiro atoms. The van der Waals surface area contributed by atoms with Gasteiger partial charge in [0, 0.05) is 26.6 Å². The fraction of sp³-hybridized carbons (Fsp3) is 0.556. The molecule has 2 aromatic rings. The quantitative estimate of drug-likeness (QED) is 0.654. The van der Waals surface area contributed by atoms with Gasteiger partial charge in [-0.2, -0.15) is 9.29 Å². The Hall–Kier alpha value is -1.88. The van der Waals surface area contributed by atoms with E-state index in [0.717, 1.165) is 6.07 Å². The molecule has 0 bridgehead atoms. The van der Waals surface area contributed by atoms with Crippen molar-refractivity contribution in [2.45, 2.75) is 43.8 Å². The molecular formula is C18H24FN3O5S. The molecule has 0 saturated carbocycles. The number of nitrogens with zero attached hydrogens (tertiary/aromatic N) is 3. The number of aryl methyl sites for hydroxylation is 1. The highest BCUT2D eigenvalue weighted by Gasteiger charge is 2.30. The van der Waals surface area contributed by atoms with Gasteiger partial charge in [-0.25, -0.2) is 12.8 Å². The van der Waals surface area contributed by atoms with Crippen LogP contribution in [0, 0.1) is 12.7 Å². The lowest BCUT2D eigenvalue weighted by atomic mass is 10.1. The summed E-state index contributed by atoms with van der Waals surface area (Å²) in [5.41, 5.74) is 0.419. The second-order valence-corrected chi connectivity index (χ2v) is 8.61. The van der Waals surface area contributed by atoms with Gasteiger partial charge in [-0.05, 0) is 37.5 Å². The van der Waals surface area contributed by atoms with Crippen molar-refractivity contribution in [1.82, 2.24) is 14.4 Å². The number of benzene rings is 1. The van der Waals surface area contributed by atoms with Crippen LogP contribution in [0.2, 0.25) is 0 Å². The summed E-state index contributed by atoms with van der Waals surface area (Å²) in [6.45, 7) is 2.96. The Morgan fingerprint density at radius 1 is 1.32 bits per heavy atom. The average molecular weight is 413 g/mol. The summed E-state index contributed by atoms with van der Waals surface area (Å²) >= 11 is 0. The third kappa shape index (κ3) is 4.93. The summed E-state index contributed by atoms with van der Waals surface area (Å²) < 4.78 is 56.3. The molecule has 1 aliphatic heterocycles. The van der Waals surface area contributed by atoms with E-state index < -0.39 is 15.8 Å². The first-order valence-electron chi connectivity index (χ1n) is 9.08. The van der Waals surface area contributed by atoms with Crippen LogP contribution in [0.4, 0.5) is 4.39 Å². The highest BCUT2D eigenvalue weighted by Crippen LogP contribution is 2.23. The molecule has 1 aromatic carbocycles. The van der Waals surface area contributed by atoms with E-state index in [1.165, 1.54) is 16.4 Å². The van der Waals surface area contributed by atoms with Gasteiger partial charge in [0.2, 0.25) is 10.0 Å². The number of hydrogen-bond acceptors (Lipinski definition) is 7. The first kappa shape index (κ1) is 20.8. The van der Waals surface area contributed by atoms with Gasteiger partial charge in [-0.15, -0.1) is 0 Å². The molecule has 0 unspecified atom stereocenters. The average Bonchev–Trinajstić information content (AvgIpc) is 3.12. The molecule has 8 nitrogen and oxygen atoms in total. The molecule has 0 N–H and O–H groups in total. The molecule has 1 saturated heterocycles. The number of hydrogen-bond donors (Lipinski definition) is 0. The van der Waals surface area contributed by atoms with Crippen LogP contribution in [-0.4, -0.2) is 55.8 Å². The minimum absolute atomic E-state index is 0.0149. The van der Waals surface area contributed by atoms with E-state index in [1.807, 2.05) is 0 Å². The lowest BCUT2D eigenvalue weighted by molar-refractivity contribution is 0.0222. The second kappa shape index (κ2) is 9.08.